The summed E-state index contributed by atoms with van der Waals surface area (Å²) in [6, 6.07) is 16.2. The Morgan fingerprint density at radius 2 is 1.79 bits per heavy atom. The number of nitrogens with one attached hydrogen (secondary N) is 1. The maximum Gasteiger partial charge on any atom is 0.239 e. The maximum atomic E-state index is 12.1. The largest absolute Gasteiger partial charge is 0.497 e. The summed E-state index contributed by atoms with van der Waals surface area (Å²) in [5.74, 6) is -0.151. The summed E-state index contributed by atoms with van der Waals surface area (Å²) in [6.45, 7) is 7.08. The average Bonchev–Trinajstić information content (AvgIpc) is 3.28. The number of fused-ring (bicyclic) bond motifs is 1. The number of anilines is 1. The smallest absolute Gasteiger partial charge is 0.239 e. The predicted octanol–water partition coefficient (Wildman–Crippen LogP) is 3.99. The number of hydrogen-bond donors (Lipinski definition) is 1. The van der Waals surface area contributed by atoms with E-state index in [9.17, 15) is 10.1 Å². The topological polar surface area (TPSA) is 101 Å². The zero-order valence-corrected chi connectivity index (χ0v) is 20.1. The second-order valence-electron chi connectivity index (χ2n) is 9.59. The summed E-state index contributed by atoms with van der Waals surface area (Å²) in [5.41, 5.74) is 0.286. The highest BCUT2D eigenvalue weighted by atomic mass is 16.8. The first kappa shape index (κ1) is 24.4. The minimum Gasteiger partial charge on any atom is -0.497 e. The van der Waals surface area contributed by atoms with Gasteiger partial charge in [-0.3, -0.25) is 10.1 Å². The second-order valence-corrected chi connectivity index (χ2v) is 9.59. The Bertz CT molecular complexity index is 981. The Labute approximate surface area is 199 Å². The molecule has 0 bridgehead atoms. The summed E-state index contributed by atoms with van der Waals surface area (Å²) in [5, 5.41) is 15.5. The van der Waals surface area contributed by atoms with Crippen LogP contribution in [0, 0.1) is 10.1 Å². The maximum absolute atomic E-state index is 12.1. The summed E-state index contributed by atoms with van der Waals surface area (Å²) < 4.78 is 29.9. The highest BCUT2D eigenvalue weighted by Gasteiger charge is 2.61. The fourth-order valence-electron chi connectivity index (χ4n) is 4.37. The van der Waals surface area contributed by atoms with Crippen molar-refractivity contribution in [3.05, 3.63) is 70.3 Å². The molecule has 9 nitrogen and oxygen atoms in total. The van der Waals surface area contributed by atoms with Crippen LogP contribution >= 0.6 is 0 Å². The Kier molecular flexibility index (Phi) is 6.82. The summed E-state index contributed by atoms with van der Waals surface area (Å²) in [4.78, 5) is 11.8. The van der Waals surface area contributed by atoms with Gasteiger partial charge in [-0.25, -0.2) is 0 Å². The van der Waals surface area contributed by atoms with Crippen molar-refractivity contribution in [1.29, 1.82) is 0 Å². The van der Waals surface area contributed by atoms with Crippen molar-refractivity contribution in [2.24, 2.45) is 0 Å². The molecule has 184 valence electrons. The van der Waals surface area contributed by atoms with Gasteiger partial charge >= 0.3 is 0 Å². The van der Waals surface area contributed by atoms with E-state index in [-0.39, 0.29) is 4.92 Å². The van der Waals surface area contributed by atoms with E-state index in [2.05, 4.69) is 5.32 Å². The van der Waals surface area contributed by atoms with Crippen LogP contribution in [0.3, 0.4) is 0 Å². The van der Waals surface area contributed by atoms with Crippen LogP contribution in [-0.4, -0.2) is 54.0 Å². The van der Waals surface area contributed by atoms with E-state index in [1.165, 1.54) is 0 Å². The van der Waals surface area contributed by atoms with Crippen LogP contribution in [0.15, 0.2) is 54.6 Å². The number of methoxy groups -OCH3 is 1. The molecule has 0 radical (unpaired) electrons. The molecular weight excluding hydrogens is 440 g/mol. The Hall–Kier alpha value is -2.72. The molecule has 2 saturated heterocycles. The van der Waals surface area contributed by atoms with Gasteiger partial charge in [0.25, 0.3) is 0 Å². The summed E-state index contributed by atoms with van der Waals surface area (Å²) in [7, 11) is 1.59. The normalized spacial score (nSPS) is 26.6. The van der Waals surface area contributed by atoms with Gasteiger partial charge in [0.2, 0.25) is 5.54 Å². The van der Waals surface area contributed by atoms with E-state index in [1.54, 1.807) is 33.1 Å². The quantitative estimate of drug-likeness (QED) is 0.432. The molecule has 5 atom stereocenters. The minimum atomic E-state index is -1.40. The lowest BCUT2D eigenvalue weighted by Gasteiger charge is -2.36. The zero-order chi connectivity index (χ0) is 24.5. The Morgan fingerprint density at radius 1 is 1.12 bits per heavy atom. The number of benzene rings is 2. The molecule has 2 heterocycles. The van der Waals surface area contributed by atoms with E-state index in [0.29, 0.717) is 18.0 Å². The third kappa shape index (κ3) is 5.02. The van der Waals surface area contributed by atoms with Crippen molar-refractivity contribution in [2.75, 3.05) is 12.4 Å². The number of hydrogen-bond acceptors (Lipinski definition) is 8. The highest BCUT2D eigenvalue weighted by molar-refractivity contribution is 5.48. The second kappa shape index (κ2) is 9.50. The van der Waals surface area contributed by atoms with Crippen LogP contribution in [0.1, 0.15) is 33.3 Å². The van der Waals surface area contributed by atoms with Gasteiger partial charge in [-0.15, -0.1) is 0 Å². The highest BCUT2D eigenvalue weighted by Crippen LogP contribution is 2.42. The minimum absolute atomic E-state index is 0.300. The van der Waals surface area contributed by atoms with Crippen molar-refractivity contribution in [3.63, 3.8) is 0 Å². The van der Waals surface area contributed by atoms with Gasteiger partial charge in [-0.1, -0.05) is 30.3 Å². The molecular formula is C25H32N2O7. The van der Waals surface area contributed by atoms with E-state index in [4.69, 9.17) is 23.7 Å². The SMILES string of the molecule is COc1ccc(N[C@@H]([C@H]2O[C@@H]3OC(C)(C)O[C@@H]3[C@H]2OCc2ccccc2)C(C)(C)[N+](=O)[O-])cc1. The molecule has 0 aromatic heterocycles. The lowest BCUT2D eigenvalue weighted by Crippen LogP contribution is -2.58. The lowest BCUT2D eigenvalue weighted by atomic mass is 9.87. The summed E-state index contributed by atoms with van der Waals surface area (Å²) in [6.07, 6.45) is -2.52. The number of nitrogens with zero attached hydrogens (tertiary/aromatic N) is 1. The molecule has 0 unspecified atom stereocenters. The fraction of sp³-hybridized carbons (Fsp3) is 0.520. The average molecular weight is 473 g/mol. The zero-order valence-electron chi connectivity index (χ0n) is 20.1. The molecule has 9 heteroatoms. The first-order valence-corrected chi connectivity index (χ1v) is 11.3. The van der Waals surface area contributed by atoms with Gasteiger partial charge in [0.05, 0.1) is 13.7 Å². The number of nitro groups is 1. The van der Waals surface area contributed by atoms with Gasteiger partial charge in [-0.05, 0) is 43.7 Å². The molecule has 2 fully saturated rings. The molecule has 2 aromatic carbocycles. The predicted molar refractivity (Wildman–Crippen MR) is 125 cm³/mol. The van der Waals surface area contributed by atoms with E-state index in [0.717, 1.165) is 5.56 Å². The van der Waals surface area contributed by atoms with Crippen LogP contribution < -0.4 is 10.1 Å². The van der Waals surface area contributed by atoms with Gasteiger partial charge in [0, 0.05) is 24.5 Å². The molecule has 0 saturated carbocycles. The number of ether oxygens (including phenoxy) is 5. The Morgan fingerprint density at radius 3 is 2.41 bits per heavy atom. The van der Waals surface area contributed by atoms with Gasteiger partial charge in [-0.2, -0.15) is 0 Å². The molecule has 0 aliphatic carbocycles. The van der Waals surface area contributed by atoms with Crippen molar-refractivity contribution < 1.29 is 28.6 Å². The van der Waals surface area contributed by atoms with Gasteiger partial charge in [0.1, 0.15) is 30.1 Å². The lowest BCUT2D eigenvalue weighted by molar-refractivity contribution is -0.565. The van der Waals surface area contributed by atoms with Crippen molar-refractivity contribution in [3.8, 4) is 5.75 Å². The van der Waals surface area contributed by atoms with Crippen LogP contribution in [0.2, 0.25) is 0 Å². The van der Waals surface area contributed by atoms with E-state index in [1.807, 2.05) is 56.3 Å². The molecule has 0 amide bonds. The first-order valence-electron chi connectivity index (χ1n) is 11.3. The standard InChI is InChI=1S/C25H32N2O7/c1-24(2,27(28)29)22(26-17-11-13-18(30-5)14-12-17)20-19(31-15-16-9-7-6-8-10-16)21-23(32-20)34-25(3,4)33-21/h6-14,19-23,26H,15H2,1-5H3/t19-,20-,21+,22-,23+/m0/s1. The summed E-state index contributed by atoms with van der Waals surface area (Å²) >= 11 is 0. The first-order chi connectivity index (χ1) is 16.1. The van der Waals surface area contributed by atoms with Crippen molar-refractivity contribution in [2.45, 2.75) is 76.3 Å². The fourth-order valence-corrected chi connectivity index (χ4v) is 4.37. The van der Waals surface area contributed by atoms with Crippen LogP contribution in [0.25, 0.3) is 0 Å². The van der Waals surface area contributed by atoms with Crippen LogP contribution in [0.4, 0.5) is 5.69 Å². The van der Waals surface area contributed by atoms with Crippen molar-refractivity contribution >= 4 is 5.69 Å². The molecule has 2 aromatic rings. The van der Waals surface area contributed by atoms with Gasteiger partial charge < -0.3 is 29.0 Å². The molecule has 1 N–H and O–H groups in total. The van der Waals surface area contributed by atoms with Gasteiger partial charge in [0.15, 0.2) is 12.1 Å². The van der Waals surface area contributed by atoms with Crippen LogP contribution in [0.5, 0.6) is 5.75 Å². The monoisotopic (exact) mass is 472 g/mol. The van der Waals surface area contributed by atoms with E-state index < -0.39 is 42.0 Å². The third-order valence-corrected chi connectivity index (χ3v) is 6.28. The molecule has 0 spiro atoms. The van der Waals surface area contributed by atoms with Crippen LogP contribution in [-0.2, 0) is 25.6 Å². The third-order valence-electron chi connectivity index (χ3n) is 6.28. The van der Waals surface area contributed by atoms with Crippen molar-refractivity contribution in [1.82, 2.24) is 0 Å². The molecule has 34 heavy (non-hydrogen) atoms. The molecule has 4 rings (SSSR count). The number of rotatable bonds is 9. The molecule has 2 aliphatic heterocycles. The molecule has 2 aliphatic rings. The Balaban J connectivity index is 1.64. The van der Waals surface area contributed by atoms with E-state index >= 15 is 0 Å².